The van der Waals surface area contributed by atoms with Crippen molar-refractivity contribution in [1.29, 1.82) is 0 Å². The molecule has 0 spiro atoms. The van der Waals surface area contributed by atoms with E-state index in [1.165, 1.54) is 0 Å². The topological polar surface area (TPSA) is 112 Å². The molecule has 0 fully saturated rings. The molecule has 0 aromatic rings. The molecule has 22 heavy (non-hydrogen) atoms. The number of quaternary nitrogens is 1. The molecule has 0 saturated carbocycles. The molecule has 0 aliphatic heterocycles. The summed E-state index contributed by atoms with van der Waals surface area (Å²) in [6, 6.07) is 0. The van der Waals surface area contributed by atoms with Gasteiger partial charge >= 0.3 is 17.9 Å². The van der Waals surface area contributed by atoms with Crippen molar-refractivity contribution in [3.8, 4) is 0 Å². The van der Waals surface area contributed by atoms with Crippen LogP contribution in [0.15, 0.2) is 12.2 Å². The number of unbranched alkanes of at least 4 members (excludes halogenated alkanes) is 3. The van der Waals surface area contributed by atoms with E-state index in [0.717, 1.165) is 19.3 Å². The standard InChI is InChI=1S/C15H25NO6/c1-2-3-4-5-6-7-8-9-16(10-13(17)18,11-14(19)20)12-15(21)22/h5-6H,2-4,7-12H2,1H3,(H2-,17,18,19,20,21,22)/p+1/b6-5+. The van der Waals surface area contributed by atoms with Gasteiger partial charge in [0.1, 0.15) is 0 Å². The molecule has 0 aromatic carbocycles. The van der Waals surface area contributed by atoms with Crippen LogP contribution in [-0.2, 0) is 14.4 Å². The summed E-state index contributed by atoms with van der Waals surface area (Å²) in [5, 5.41) is 26.9. The summed E-state index contributed by atoms with van der Waals surface area (Å²) in [7, 11) is 0. The average Bonchev–Trinajstić information content (AvgIpc) is 2.35. The van der Waals surface area contributed by atoms with Crippen molar-refractivity contribution in [2.75, 3.05) is 26.2 Å². The molecule has 0 radical (unpaired) electrons. The van der Waals surface area contributed by atoms with Gasteiger partial charge in [-0.15, -0.1) is 0 Å². The smallest absolute Gasteiger partial charge is 0.359 e. The van der Waals surface area contributed by atoms with Crippen LogP contribution in [0.3, 0.4) is 0 Å². The maximum Gasteiger partial charge on any atom is 0.359 e. The average molecular weight is 316 g/mol. The first-order valence-corrected chi connectivity index (χ1v) is 7.47. The highest BCUT2D eigenvalue weighted by molar-refractivity contribution is 5.73. The first kappa shape index (κ1) is 20.1. The molecule has 0 saturated heterocycles. The fourth-order valence-electron chi connectivity index (χ4n) is 2.37. The number of carboxylic acids is 3. The Morgan fingerprint density at radius 3 is 1.59 bits per heavy atom. The van der Waals surface area contributed by atoms with Crippen molar-refractivity contribution in [1.82, 2.24) is 0 Å². The Morgan fingerprint density at radius 1 is 0.818 bits per heavy atom. The maximum absolute atomic E-state index is 11.0. The molecule has 0 aliphatic rings. The van der Waals surface area contributed by atoms with E-state index in [1.54, 1.807) is 0 Å². The van der Waals surface area contributed by atoms with Crippen molar-refractivity contribution < 1.29 is 34.2 Å². The second-order valence-corrected chi connectivity index (χ2v) is 5.48. The lowest BCUT2D eigenvalue weighted by Crippen LogP contribution is -2.57. The van der Waals surface area contributed by atoms with E-state index in [4.69, 9.17) is 15.3 Å². The van der Waals surface area contributed by atoms with Gasteiger partial charge in [-0.2, -0.15) is 0 Å². The zero-order valence-corrected chi connectivity index (χ0v) is 13.0. The van der Waals surface area contributed by atoms with Gasteiger partial charge in [0.05, 0.1) is 6.54 Å². The minimum absolute atomic E-state index is 0.211. The van der Waals surface area contributed by atoms with Crippen LogP contribution in [-0.4, -0.2) is 63.9 Å². The van der Waals surface area contributed by atoms with Gasteiger partial charge in [-0.05, 0) is 12.8 Å². The van der Waals surface area contributed by atoms with E-state index >= 15 is 0 Å². The minimum Gasteiger partial charge on any atom is -0.477 e. The summed E-state index contributed by atoms with van der Waals surface area (Å²) in [5.74, 6) is -3.58. The van der Waals surface area contributed by atoms with Crippen LogP contribution in [0, 0.1) is 0 Å². The number of allylic oxidation sites excluding steroid dienone is 2. The van der Waals surface area contributed by atoms with Crippen LogP contribution in [0.25, 0.3) is 0 Å². The van der Waals surface area contributed by atoms with Crippen LogP contribution in [0.2, 0.25) is 0 Å². The highest BCUT2D eigenvalue weighted by atomic mass is 16.4. The Morgan fingerprint density at radius 2 is 1.23 bits per heavy atom. The third kappa shape index (κ3) is 9.93. The Bertz CT molecular complexity index is 364. The molecule has 126 valence electrons. The van der Waals surface area contributed by atoms with E-state index in [-0.39, 0.29) is 6.54 Å². The summed E-state index contributed by atoms with van der Waals surface area (Å²) in [5.41, 5.74) is 0. The molecule has 0 atom stereocenters. The van der Waals surface area contributed by atoms with E-state index < -0.39 is 42.0 Å². The number of rotatable bonds is 13. The highest BCUT2D eigenvalue weighted by Gasteiger charge is 2.35. The van der Waals surface area contributed by atoms with Crippen molar-refractivity contribution in [3.63, 3.8) is 0 Å². The number of hydrogen-bond acceptors (Lipinski definition) is 3. The van der Waals surface area contributed by atoms with Gasteiger partial charge in [-0.25, -0.2) is 14.4 Å². The molecular formula is C15H26NO6+. The second-order valence-electron chi connectivity index (χ2n) is 5.48. The summed E-state index contributed by atoms with van der Waals surface area (Å²) in [4.78, 5) is 32.9. The van der Waals surface area contributed by atoms with Crippen LogP contribution in [0.4, 0.5) is 0 Å². The van der Waals surface area contributed by atoms with Crippen LogP contribution in [0.5, 0.6) is 0 Å². The summed E-state index contributed by atoms with van der Waals surface area (Å²) in [6.07, 6.45) is 8.46. The number of carbonyl (C=O) groups is 3. The fourth-order valence-corrected chi connectivity index (χ4v) is 2.37. The molecule has 0 aliphatic carbocycles. The van der Waals surface area contributed by atoms with Gasteiger partial charge < -0.3 is 15.3 Å². The molecule has 0 bridgehead atoms. The van der Waals surface area contributed by atoms with E-state index in [0.29, 0.717) is 12.8 Å². The van der Waals surface area contributed by atoms with Crippen LogP contribution >= 0.6 is 0 Å². The van der Waals surface area contributed by atoms with Gasteiger partial charge in [0.15, 0.2) is 19.6 Å². The van der Waals surface area contributed by atoms with Gasteiger partial charge in [0.25, 0.3) is 0 Å². The molecule has 7 nitrogen and oxygen atoms in total. The molecule has 0 aromatic heterocycles. The van der Waals surface area contributed by atoms with E-state index in [2.05, 4.69) is 6.92 Å². The van der Waals surface area contributed by atoms with Crippen molar-refractivity contribution in [3.05, 3.63) is 12.2 Å². The Kier molecular flexibility index (Phi) is 9.86. The first-order chi connectivity index (χ1) is 10.3. The number of nitrogens with zero attached hydrogens (tertiary/aromatic N) is 1. The predicted octanol–water partition coefficient (Wildman–Crippen LogP) is 1.58. The molecule has 7 heteroatoms. The van der Waals surface area contributed by atoms with Crippen molar-refractivity contribution in [2.24, 2.45) is 0 Å². The lowest BCUT2D eigenvalue weighted by molar-refractivity contribution is -0.907. The molecule has 0 amide bonds. The largest absolute Gasteiger partial charge is 0.477 e. The molecule has 0 rings (SSSR count). The van der Waals surface area contributed by atoms with Gasteiger partial charge in [-0.1, -0.05) is 31.9 Å². The number of carboxylic acid groups (broad SMARTS) is 3. The van der Waals surface area contributed by atoms with Crippen LogP contribution < -0.4 is 0 Å². The monoisotopic (exact) mass is 316 g/mol. The zero-order valence-electron chi connectivity index (χ0n) is 13.0. The van der Waals surface area contributed by atoms with Gasteiger partial charge in [0.2, 0.25) is 0 Å². The molecule has 0 heterocycles. The molecule has 3 N–H and O–H groups in total. The third-order valence-electron chi connectivity index (χ3n) is 3.31. The van der Waals surface area contributed by atoms with Gasteiger partial charge in [-0.3, -0.25) is 4.48 Å². The maximum atomic E-state index is 11.0. The summed E-state index contributed by atoms with van der Waals surface area (Å²) >= 11 is 0. The van der Waals surface area contributed by atoms with Crippen molar-refractivity contribution >= 4 is 17.9 Å². The zero-order chi connectivity index (χ0) is 17.0. The van der Waals surface area contributed by atoms with Gasteiger partial charge in [0, 0.05) is 6.42 Å². The predicted molar refractivity (Wildman–Crippen MR) is 80.5 cm³/mol. The summed E-state index contributed by atoms with van der Waals surface area (Å²) < 4.78 is -0.469. The number of hydrogen-bond donors (Lipinski definition) is 3. The second kappa shape index (κ2) is 10.8. The highest BCUT2D eigenvalue weighted by Crippen LogP contribution is 2.11. The van der Waals surface area contributed by atoms with E-state index in [9.17, 15) is 14.4 Å². The van der Waals surface area contributed by atoms with Crippen molar-refractivity contribution in [2.45, 2.75) is 39.0 Å². The molecule has 0 unspecified atom stereocenters. The Balaban J connectivity index is 4.67. The lowest BCUT2D eigenvalue weighted by Gasteiger charge is -2.34. The fraction of sp³-hybridized carbons (Fsp3) is 0.667. The van der Waals surface area contributed by atoms with Crippen LogP contribution in [0.1, 0.15) is 39.0 Å². The Labute approximate surface area is 130 Å². The SMILES string of the molecule is CCCC/C=C/CCC[N+](CC(=O)O)(CC(=O)O)CC(=O)O. The summed E-state index contributed by atoms with van der Waals surface area (Å²) in [6.45, 7) is 0.806. The normalized spacial score (nSPS) is 11.7. The Hall–Kier alpha value is -1.89. The number of aliphatic carboxylic acids is 3. The molecular weight excluding hydrogens is 290 g/mol. The van der Waals surface area contributed by atoms with E-state index in [1.807, 2.05) is 12.2 Å². The third-order valence-corrected chi connectivity index (χ3v) is 3.31. The quantitative estimate of drug-likeness (QED) is 0.270. The minimum atomic E-state index is -1.19. The first-order valence-electron chi connectivity index (χ1n) is 7.47. The lowest BCUT2D eigenvalue weighted by atomic mass is 10.2.